The summed E-state index contributed by atoms with van der Waals surface area (Å²) in [4.78, 5) is 42.4. The molecule has 7 nitrogen and oxygen atoms in total. The van der Waals surface area contributed by atoms with E-state index in [0.717, 1.165) is 46.9 Å². The van der Waals surface area contributed by atoms with Crippen molar-refractivity contribution in [1.29, 1.82) is 0 Å². The van der Waals surface area contributed by atoms with Crippen molar-refractivity contribution >= 4 is 34.4 Å². The number of nitrogens with one attached hydrogen (secondary N) is 1. The van der Waals surface area contributed by atoms with Crippen molar-refractivity contribution in [2.24, 2.45) is 14.1 Å². The normalized spacial score (nSPS) is 11.1. The Morgan fingerprint density at radius 3 is 2.61 bits per heavy atom. The molecule has 3 rings (SSSR count). The van der Waals surface area contributed by atoms with Crippen molar-refractivity contribution < 1.29 is 13.6 Å². The molecule has 10 heteroatoms. The SMILES string of the molecule is CCCCc1cnc2c(c1SCC(=O)Nc1ccc(F)cc1F)c(=O)n(C)c(=O)n2C. The number of nitrogens with zero attached hydrogens (tertiary/aromatic N) is 3. The van der Waals surface area contributed by atoms with Gasteiger partial charge in [-0.1, -0.05) is 13.3 Å². The minimum atomic E-state index is -0.875. The van der Waals surface area contributed by atoms with Crippen LogP contribution in [-0.4, -0.2) is 25.8 Å². The van der Waals surface area contributed by atoms with E-state index in [4.69, 9.17) is 0 Å². The Labute approximate surface area is 181 Å². The van der Waals surface area contributed by atoms with Gasteiger partial charge in [-0.2, -0.15) is 0 Å². The fourth-order valence-corrected chi connectivity index (χ4v) is 4.18. The van der Waals surface area contributed by atoms with E-state index in [1.165, 1.54) is 18.7 Å². The van der Waals surface area contributed by atoms with Crippen molar-refractivity contribution in [3.63, 3.8) is 0 Å². The average molecular weight is 448 g/mol. The van der Waals surface area contributed by atoms with Crippen molar-refractivity contribution in [2.45, 2.75) is 31.1 Å². The summed E-state index contributed by atoms with van der Waals surface area (Å²) in [5.74, 6) is -2.24. The van der Waals surface area contributed by atoms with Crippen LogP contribution in [0.3, 0.4) is 0 Å². The van der Waals surface area contributed by atoms with E-state index in [2.05, 4.69) is 10.3 Å². The minimum Gasteiger partial charge on any atom is -0.323 e. The lowest BCUT2D eigenvalue weighted by molar-refractivity contribution is -0.113. The molecule has 1 N–H and O–H groups in total. The third-order valence-electron chi connectivity index (χ3n) is 4.85. The molecule has 2 heterocycles. The van der Waals surface area contributed by atoms with Crippen LogP contribution in [-0.2, 0) is 25.3 Å². The highest BCUT2D eigenvalue weighted by Crippen LogP contribution is 2.29. The molecule has 164 valence electrons. The van der Waals surface area contributed by atoms with Gasteiger partial charge in [0.15, 0.2) is 0 Å². The van der Waals surface area contributed by atoms with Gasteiger partial charge in [-0.3, -0.25) is 18.7 Å². The predicted molar refractivity (Wildman–Crippen MR) is 117 cm³/mol. The Morgan fingerprint density at radius 2 is 1.94 bits per heavy atom. The quantitative estimate of drug-likeness (QED) is 0.562. The van der Waals surface area contributed by atoms with E-state index in [9.17, 15) is 23.2 Å². The first-order chi connectivity index (χ1) is 14.7. The first kappa shape index (κ1) is 22.7. The summed E-state index contributed by atoms with van der Waals surface area (Å²) in [5.41, 5.74) is -0.0731. The fourth-order valence-electron chi connectivity index (χ4n) is 3.17. The number of benzene rings is 1. The highest BCUT2D eigenvalue weighted by atomic mass is 32.2. The minimum absolute atomic E-state index is 0.110. The van der Waals surface area contributed by atoms with Gasteiger partial charge in [0.2, 0.25) is 5.91 Å². The molecule has 0 atom stereocenters. The molecule has 0 saturated carbocycles. The van der Waals surface area contributed by atoms with E-state index >= 15 is 0 Å². The van der Waals surface area contributed by atoms with E-state index < -0.39 is 28.8 Å². The summed E-state index contributed by atoms with van der Waals surface area (Å²) >= 11 is 1.12. The largest absolute Gasteiger partial charge is 0.332 e. The number of aromatic nitrogens is 3. The molecule has 0 bridgehead atoms. The van der Waals surface area contributed by atoms with Gasteiger partial charge in [0.05, 0.1) is 16.8 Å². The maximum atomic E-state index is 13.8. The summed E-state index contributed by atoms with van der Waals surface area (Å²) in [7, 11) is 2.92. The monoisotopic (exact) mass is 448 g/mol. The summed E-state index contributed by atoms with van der Waals surface area (Å²) in [6.07, 6.45) is 4.07. The van der Waals surface area contributed by atoms with Gasteiger partial charge in [0.25, 0.3) is 5.56 Å². The number of aryl methyl sites for hydroxylation is 2. The first-order valence-electron chi connectivity index (χ1n) is 9.69. The van der Waals surface area contributed by atoms with Crippen LogP contribution >= 0.6 is 11.8 Å². The van der Waals surface area contributed by atoms with Gasteiger partial charge in [-0.05, 0) is 30.5 Å². The number of carbonyl (C=O) groups is 1. The Kier molecular flexibility index (Phi) is 6.89. The number of unbranched alkanes of at least 4 members (excludes halogenated alkanes) is 1. The summed E-state index contributed by atoms with van der Waals surface area (Å²) in [6, 6.07) is 2.88. The van der Waals surface area contributed by atoms with Gasteiger partial charge in [0, 0.05) is 31.3 Å². The number of anilines is 1. The number of thioether (sulfide) groups is 1. The topological polar surface area (TPSA) is 86.0 Å². The number of amides is 1. The molecule has 31 heavy (non-hydrogen) atoms. The van der Waals surface area contributed by atoms with E-state index in [1.807, 2.05) is 6.92 Å². The van der Waals surface area contributed by atoms with Gasteiger partial charge in [0.1, 0.15) is 17.3 Å². The van der Waals surface area contributed by atoms with Crippen LogP contribution < -0.4 is 16.6 Å². The smallest absolute Gasteiger partial charge is 0.323 e. The molecule has 0 radical (unpaired) electrons. The third kappa shape index (κ3) is 4.68. The maximum Gasteiger partial charge on any atom is 0.332 e. The van der Waals surface area contributed by atoms with Crippen LogP contribution in [0.5, 0.6) is 0 Å². The lowest BCUT2D eigenvalue weighted by atomic mass is 10.1. The van der Waals surface area contributed by atoms with Crippen molar-refractivity contribution in [3.05, 3.63) is 62.4 Å². The highest BCUT2D eigenvalue weighted by molar-refractivity contribution is 8.00. The van der Waals surface area contributed by atoms with Crippen molar-refractivity contribution in [1.82, 2.24) is 14.1 Å². The van der Waals surface area contributed by atoms with Crippen molar-refractivity contribution in [2.75, 3.05) is 11.1 Å². The average Bonchev–Trinajstić information content (AvgIpc) is 2.75. The Bertz CT molecular complexity index is 1270. The number of fused-ring (bicyclic) bond motifs is 1. The highest BCUT2D eigenvalue weighted by Gasteiger charge is 2.19. The number of carbonyl (C=O) groups excluding carboxylic acids is 1. The van der Waals surface area contributed by atoms with Crippen LogP contribution in [0.15, 0.2) is 38.9 Å². The van der Waals surface area contributed by atoms with E-state index in [1.54, 1.807) is 6.20 Å². The Morgan fingerprint density at radius 1 is 1.19 bits per heavy atom. The molecule has 0 spiro atoms. The van der Waals surface area contributed by atoms with Gasteiger partial charge < -0.3 is 5.32 Å². The number of pyridine rings is 1. The number of hydrogen-bond donors (Lipinski definition) is 1. The van der Waals surface area contributed by atoms with E-state index in [-0.39, 0.29) is 22.5 Å². The Hall–Kier alpha value is -3.01. The van der Waals surface area contributed by atoms with Crippen LogP contribution in [0, 0.1) is 11.6 Å². The van der Waals surface area contributed by atoms with Gasteiger partial charge in [-0.15, -0.1) is 11.8 Å². The standard InChI is InChI=1S/C21H22F2N4O3S/c1-4-5-6-12-10-24-19-17(20(29)27(3)21(30)26(19)2)18(12)31-11-16(28)25-15-8-7-13(22)9-14(15)23/h7-10H,4-6,11H2,1-3H3,(H,25,28). The molecule has 0 aliphatic carbocycles. The van der Waals surface area contributed by atoms with Gasteiger partial charge >= 0.3 is 5.69 Å². The molecular weight excluding hydrogens is 426 g/mol. The number of rotatable bonds is 7. The number of hydrogen-bond acceptors (Lipinski definition) is 5. The zero-order valence-corrected chi connectivity index (χ0v) is 18.2. The van der Waals surface area contributed by atoms with Crippen LogP contribution in [0.2, 0.25) is 0 Å². The second-order valence-electron chi connectivity index (χ2n) is 7.08. The second-order valence-corrected chi connectivity index (χ2v) is 8.07. The molecule has 2 aromatic heterocycles. The van der Waals surface area contributed by atoms with Crippen LogP contribution in [0.25, 0.3) is 11.0 Å². The number of halogens is 2. The third-order valence-corrected chi connectivity index (χ3v) is 6.01. The Balaban J connectivity index is 1.98. The van der Waals surface area contributed by atoms with Crippen LogP contribution in [0.4, 0.5) is 14.5 Å². The van der Waals surface area contributed by atoms with Crippen LogP contribution in [0.1, 0.15) is 25.3 Å². The molecule has 0 fully saturated rings. The first-order valence-corrected chi connectivity index (χ1v) is 10.7. The molecule has 1 amide bonds. The summed E-state index contributed by atoms with van der Waals surface area (Å²) in [5, 5.41) is 2.68. The fraction of sp³-hybridized carbons (Fsp3) is 0.333. The summed E-state index contributed by atoms with van der Waals surface area (Å²) < 4.78 is 29.2. The zero-order chi connectivity index (χ0) is 22.7. The molecule has 0 saturated heterocycles. The molecule has 0 aliphatic rings. The van der Waals surface area contributed by atoms with Crippen molar-refractivity contribution in [3.8, 4) is 0 Å². The maximum absolute atomic E-state index is 13.8. The second kappa shape index (κ2) is 9.42. The van der Waals surface area contributed by atoms with E-state index in [0.29, 0.717) is 17.4 Å². The van der Waals surface area contributed by atoms with Gasteiger partial charge in [-0.25, -0.2) is 18.6 Å². The predicted octanol–water partition coefficient (Wildman–Crippen LogP) is 2.98. The molecule has 0 unspecified atom stereocenters. The zero-order valence-electron chi connectivity index (χ0n) is 17.4. The molecule has 1 aromatic carbocycles. The molecule has 3 aromatic rings. The summed E-state index contributed by atoms with van der Waals surface area (Å²) in [6.45, 7) is 2.04. The lowest BCUT2D eigenvalue weighted by Gasteiger charge is -2.14. The lowest BCUT2D eigenvalue weighted by Crippen LogP contribution is -2.37. The molecular formula is C21H22F2N4O3S. The molecule has 0 aliphatic heterocycles.